The number of nitrogens with zero attached hydrogens (tertiary/aromatic N) is 1. The topological polar surface area (TPSA) is 41.6 Å². The Morgan fingerprint density at radius 1 is 1.45 bits per heavy atom. The second kappa shape index (κ2) is 6.14. The van der Waals surface area contributed by atoms with Crippen LogP contribution in [0.4, 0.5) is 0 Å². The van der Waals surface area contributed by atoms with Crippen LogP contribution >= 0.6 is 15.9 Å². The molecule has 0 unspecified atom stereocenters. The largest absolute Gasteiger partial charge is 0.496 e. The van der Waals surface area contributed by atoms with E-state index < -0.39 is 0 Å². The predicted octanol–water partition coefficient (Wildman–Crippen LogP) is 2.67. The Morgan fingerprint density at radius 3 is 2.65 bits per heavy atom. The lowest BCUT2D eigenvalue weighted by Gasteiger charge is -2.47. The molecule has 110 valence electrons. The first-order valence-electron chi connectivity index (χ1n) is 6.78. The lowest BCUT2D eigenvalue weighted by Crippen LogP contribution is -2.57. The molecule has 0 bridgehead atoms. The minimum atomic E-state index is -0.0810. The van der Waals surface area contributed by atoms with E-state index in [1.807, 2.05) is 6.07 Å². The number of likely N-dealkylation sites (N-methyl/N-ethyl adjacent to an activating group) is 1. The summed E-state index contributed by atoms with van der Waals surface area (Å²) in [4.78, 5) is 14.5. The number of methoxy groups -OCH3 is 1. The van der Waals surface area contributed by atoms with E-state index in [4.69, 9.17) is 4.74 Å². The van der Waals surface area contributed by atoms with Crippen molar-refractivity contribution in [2.24, 2.45) is 0 Å². The van der Waals surface area contributed by atoms with Gasteiger partial charge in [0.05, 0.1) is 12.7 Å². The molecule has 2 rings (SSSR count). The van der Waals surface area contributed by atoms with Gasteiger partial charge >= 0.3 is 0 Å². The molecule has 0 heterocycles. The molecule has 0 radical (unpaired) electrons. The van der Waals surface area contributed by atoms with Crippen LogP contribution < -0.4 is 10.1 Å². The standard InChI is InChI=1S/C15H21BrN2O2/c1-18(2)15(7-4-8-15)10-17-14(19)12-6-5-11(16)9-13(12)20-3/h5-6,9H,4,7-8,10H2,1-3H3,(H,17,19). The van der Waals surface area contributed by atoms with Gasteiger partial charge in [0.1, 0.15) is 5.75 Å². The number of benzene rings is 1. The van der Waals surface area contributed by atoms with Gasteiger partial charge in [-0.3, -0.25) is 4.79 Å². The van der Waals surface area contributed by atoms with E-state index in [0.29, 0.717) is 17.9 Å². The maximum absolute atomic E-state index is 12.3. The van der Waals surface area contributed by atoms with Crippen LogP contribution in [0.3, 0.4) is 0 Å². The van der Waals surface area contributed by atoms with Crippen molar-refractivity contribution in [3.8, 4) is 5.75 Å². The first-order valence-corrected chi connectivity index (χ1v) is 7.57. The summed E-state index contributed by atoms with van der Waals surface area (Å²) in [6.45, 7) is 0.679. The molecule has 0 aliphatic heterocycles. The zero-order valence-corrected chi connectivity index (χ0v) is 13.8. The van der Waals surface area contributed by atoms with E-state index in [-0.39, 0.29) is 11.4 Å². The first-order chi connectivity index (χ1) is 9.48. The molecule has 5 heteroatoms. The van der Waals surface area contributed by atoms with Crippen molar-refractivity contribution in [3.05, 3.63) is 28.2 Å². The number of halogens is 1. The van der Waals surface area contributed by atoms with Crippen molar-refractivity contribution < 1.29 is 9.53 Å². The van der Waals surface area contributed by atoms with E-state index in [1.165, 1.54) is 6.42 Å². The average molecular weight is 341 g/mol. The fourth-order valence-corrected chi connectivity index (χ4v) is 2.90. The summed E-state index contributed by atoms with van der Waals surface area (Å²) in [5.74, 6) is 0.506. The number of rotatable bonds is 5. The second-order valence-corrected chi connectivity index (χ2v) is 6.42. The Morgan fingerprint density at radius 2 is 2.15 bits per heavy atom. The van der Waals surface area contributed by atoms with E-state index in [9.17, 15) is 4.79 Å². The van der Waals surface area contributed by atoms with Crippen LogP contribution in [0.25, 0.3) is 0 Å². The molecule has 1 aromatic carbocycles. The normalized spacial score (nSPS) is 16.6. The van der Waals surface area contributed by atoms with Gasteiger partial charge in [0.15, 0.2) is 0 Å². The van der Waals surface area contributed by atoms with Crippen molar-refractivity contribution in [3.63, 3.8) is 0 Å². The van der Waals surface area contributed by atoms with Gasteiger partial charge in [-0.1, -0.05) is 15.9 Å². The SMILES string of the molecule is COc1cc(Br)ccc1C(=O)NCC1(N(C)C)CCC1. The minimum absolute atomic E-state index is 0.0810. The maximum atomic E-state index is 12.3. The molecule has 1 aliphatic rings. The van der Waals surface area contributed by atoms with Gasteiger partial charge < -0.3 is 15.0 Å². The number of carbonyl (C=O) groups excluding carboxylic acids is 1. The van der Waals surface area contributed by atoms with Crippen molar-refractivity contribution in [2.75, 3.05) is 27.7 Å². The van der Waals surface area contributed by atoms with Crippen LogP contribution in [0.2, 0.25) is 0 Å². The Bertz CT molecular complexity index is 499. The number of carbonyl (C=O) groups is 1. The van der Waals surface area contributed by atoms with Crippen molar-refractivity contribution in [1.29, 1.82) is 0 Å². The van der Waals surface area contributed by atoms with Crippen molar-refractivity contribution >= 4 is 21.8 Å². The summed E-state index contributed by atoms with van der Waals surface area (Å²) >= 11 is 3.38. The highest BCUT2D eigenvalue weighted by atomic mass is 79.9. The van der Waals surface area contributed by atoms with Crippen LogP contribution in [0.15, 0.2) is 22.7 Å². The Balaban J connectivity index is 2.05. The van der Waals surface area contributed by atoms with Gasteiger partial charge in [0, 0.05) is 16.6 Å². The Kier molecular flexibility index (Phi) is 4.70. The lowest BCUT2D eigenvalue weighted by atomic mass is 9.75. The second-order valence-electron chi connectivity index (χ2n) is 5.50. The number of hydrogen-bond donors (Lipinski definition) is 1. The average Bonchev–Trinajstić information content (AvgIpc) is 2.36. The smallest absolute Gasteiger partial charge is 0.255 e. The Labute approximate surface area is 128 Å². The monoisotopic (exact) mass is 340 g/mol. The van der Waals surface area contributed by atoms with Gasteiger partial charge in [0.25, 0.3) is 5.91 Å². The van der Waals surface area contributed by atoms with E-state index in [1.54, 1.807) is 19.2 Å². The Hall–Kier alpha value is -1.07. The van der Waals surface area contributed by atoms with E-state index >= 15 is 0 Å². The third-order valence-corrected chi connectivity index (χ3v) is 4.71. The fourth-order valence-electron chi connectivity index (χ4n) is 2.56. The summed E-state index contributed by atoms with van der Waals surface area (Å²) in [6.07, 6.45) is 3.51. The summed E-state index contributed by atoms with van der Waals surface area (Å²) in [7, 11) is 5.73. The van der Waals surface area contributed by atoms with Crippen LogP contribution in [-0.4, -0.2) is 44.1 Å². The summed E-state index contributed by atoms with van der Waals surface area (Å²) in [5.41, 5.74) is 0.696. The predicted molar refractivity (Wildman–Crippen MR) is 83.3 cm³/mol. The molecule has 0 spiro atoms. The quantitative estimate of drug-likeness (QED) is 0.895. The highest BCUT2D eigenvalue weighted by Gasteiger charge is 2.39. The summed E-state index contributed by atoms with van der Waals surface area (Å²) < 4.78 is 6.16. The van der Waals surface area contributed by atoms with E-state index in [2.05, 4.69) is 40.2 Å². The zero-order chi connectivity index (χ0) is 14.8. The van der Waals surface area contributed by atoms with Crippen LogP contribution in [0.5, 0.6) is 5.75 Å². The van der Waals surface area contributed by atoms with Gasteiger partial charge in [-0.2, -0.15) is 0 Å². The molecule has 4 nitrogen and oxygen atoms in total. The van der Waals surface area contributed by atoms with Crippen molar-refractivity contribution in [2.45, 2.75) is 24.8 Å². The van der Waals surface area contributed by atoms with E-state index in [0.717, 1.165) is 17.3 Å². The molecular formula is C15H21BrN2O2. The third kappa shape index (κ3) is 2.99. The summed E-state index contributed by atoms with van der Waals surface area (Å²) in [6, 6.07) is 5.43. The van der Waals surface area contributed by atoms with Gasteiger partial charge in [0.2, 0.25) is 0 Å². The first kappa shape index (κ1) is 15.3. The molecule has 0 aromatic heterocycles. The molecule has 1 N–H and O–H groups in total. The number of ether oxygens (including phenoxy) is 1. The van der Waals surface area contributed by atoms with Gasteiger partial charge in [-0.25, -0.2) is 0 Å². The molecule has 0 atom stereocenters. The number of hydrogen-bond acceptors (Lipinski definition) is 3. The number of nitrogens with one attached hydrogen (secondary N) is 1. The minimum Gasteiger partial charge on any atom is -0.496 e. The maximum Gasteiger partial charge on any atom is 0.255 e. The van der Waals surface area contributed by atoms with Crippen LogP contribution in [0, 0.1) is 0 Å². The lowest BCUT2D eigenvalue weighted by molar-refractivity contribution is 0.0557. The van der Waals surface area contributed by atoms with Crippen molar-refractivity contribution in [1.82, 2.24) is 10.2 Å². The van der Waals surface area contributed by atoms with Crippen LogP contribution in [-0.2, 0) is 0 Å². The highest BCUT2D eigenvalue weighted by Crippen LogP contribution is 2.35. The molecule has 0 saturated heterocycles. The summed E-state index contributed by atoms with van der Waals surface area (Å²) in [5, 5.41) is 3.04. The molecule has 1 fully saturated rings. The van der Waals surface area contributed by atoms with Gasteiger partial charge in [-0.05, 0) is 51.6 Å². The number of amides is 1. The molecule has 1 saturated carbocycles. The zero-order valence-electron chi connectivity index (χ0n) is 12.2. The molecule has 20 heavy (non-hydrogen) atoms. The molecular weight excluding hydrogens is 320 g/mol. The van der Waals surface area contributed by atoms with Crippen LogP contribution in [0.1, 0.15) is 29.6 Å². The fraction of sp³-hybridized carbons (Fsp3) is 0.533. The highest BCUT2D eigenvalue weighted by molar-refractivity contribution is 9.10. The third-order valence-electron chi connectivity index (χ3n) is 4.22. The van der Waals surface area contributed by atoms with Gasteiger partial charge in [-0.15, -0.1) is 0 Å². The molecule has 1 amide bonds. The molecule has 1 aliphatic carbocycles. The molecule has 1 aromatic rings.